The van der Waals surface area contributed by atoms with E-state index in [9.17, 15) is 22.6 Å². The molecule has 18 heavy (non-hydrogen) atoms. The molecule has 7 heteroatoms. The molecular weight excluding hydrogens is 267 g/mol. The number of benzene rings is 1. The zero-order valence-electron chi connectivity index (χ0n) is 9.97. The van der Waals surface area contributed by atoms with Crippen LogP contribution in [0.15, 0.2) is 24.3 Å². The van der Waals surface area contributed by atoms with Crippen LogP contribution in [0.4, 0.5) is 0 Å². The van der Waals surface area contributed by atoms with E-state index < -0.39 is 32.9 Å². The largest absolute Gasteiger partial charge is 1.00 e. The maximum atomic E-state index is 12.0. The fourth-order valence-electron chi connectivity index (χ4n) is 1.89. The molecule has 0 aromatic heterocycles. The minimum absolute atomic E-state index is 0. The predicted molar refractivity (Wildman–Crippen MR) is 57.8 cm³/mol. The molecule has 1 aliphatic rings. The molecule has 5 nitrogen and oxygen atoms in total. The molecule has 0 saturated heterocycles. The minimum Gasteiger partial charge on any atom is -0.747 e. The molecule has 1 aliphatic carbocycles. The van der Waals surface area contributed by atoms with E-state index in [1.807, 2.05) is 0 Å². The summed E-state index contributed by atoms with van der Waals surface area (Å²) in [6, 6.07) is 5.91. The molecule has 0 spiro atoms. The van der Waals surface area contributed by atoms with E-state index in [4.69, 9.17) is 0 Å². The summed E-state index contributed by atoms with van der Waals surface area (Å²) in [4.78, 5) is 23.7. The van der Waals surface area contributed by atoms with Gasteiger partial charge in [-0.2, -0.15) is 0 Å². The van der Waals surface area contributed by atoms with Crippen LogP contribution in [0.1, 0.15) is 34.1 Å². The van der Waals surface area contributed by atoms with Crippen molar-refractivity contribution in [3.63, 3.8) is 0 Å². The van der Waals surface area contributed by atoms with Crippen molar-refractivity contribution in [3.05, 3.63) is 35.4 Å². The van der Waals surface area contributed by atoms with Crippen molar-refractivity contribution >= 4 is 21.7 Å². The zero-order chi connectivity index (χ0) is 12.8. The van der Waals surface area contributed by atoms with Crippen LogP contribution < -0.4 is 29.6 Å². The van der Waals surface area contributed by atoms with Gasteiger partial charge in [-0.15, -0.1) is 0 Å². The monoisotopic (exact) mass is 276 g/mol. The molecule has 0 radical (unpaired) electrons. The van der Waals surface area contributed by atoms with Crippen molar-refractivity contribution < 1.29 is 52.1 Å². The summed E-state index contributed by atoms with van der Waals surface area (Å²) in [7, 11) is -4.87. The van der Waals surface area contributed by atoms with E-state index in [0.717, 1.165) is 6.92 Å². The molecule has 0 saturated carbocycles. The molecule has 1 aromatic carbocycles. The maximum absolute atomic E-state index is 12.0. The number of fused-ring (bicyclic) bond motifs is 1. The predicted octanol–water partition coefficient (Wildman–Crippen LogP) is -2.24. The average Bonchev–Trinajstić information content (AvgIpc) is 2.25. The van der Waals surface area contributed by atoms with Crippen LogP contribution in [0.2, 0.25) is 0 Å². The van der Waals surface area contributed by atoms with Gasteiger partial charge in [-0.1, -0.05) is 24.3 Å². The Morgan fingerprint density at radius 1 is 1.17 bits per heavy atom. The number of ketones is 2. The Labute approximate surface area is 127 Å². The first-order chi connectivity index (χ1) is 7.77. The molecule has 1 atom stereocenters. The van der Waals surface area contributed by atoms with E-state index >= 15 is 0 Å². The summed E-state index contributed by atoms with van der Waals surface area (Å²) < 4.78 is 31.3. The van der Waals surface area contributed by atoms with Gasteiger partial charge in [-0.3, -0.25) is 9.59 Å². The van der Waals surface area contributed by atoms with Gasteiger partial charge in [0.1, 0.15) is 14.9 Å². The van der Waals surface area contributed by atoms with Crippen molar-refractivity contribution in [2.75, 3.05) is 0 Å². The van der Waals surface area contributed by atoms with Gasteiger partial charge >= 0.3 is 29.6 Å². The van der Waals surface area contributed by atoms with Crippen molar-refractivity contribution in [1.29, 1.82) is 0 Å². The number of Topliss-reactive ketones (excluding diaryl/α,β-unsaturated/α-hetero) is 2. The van der Waals surface area contributed by atoms with Crippen LogP contribution in [0.3, 0.4) is 0 Å². The van der Waals surface area contributed by atoms with Gasteiger partial charge < -0.3 is 4.55 Å². The van der Waals surface area contributed by atoms with Gasteiger partial charge in [0.05, 0.1) is 0 Å². The number of hydrogen-bond donors (Lipinski definition) is 0. The van der Waals surface area contributed by atoms with Crippen LogP contribution >= 0.6 is 0 Å². The molecule has 0 aliphatic heterocycles. The van der Waals surface area contributed by atoms with Crippen LogP contribution in [-0.4, -0.2) is 29.3 Å². The molecule has 0 amide bonds. The van der Waals surface area contributed by atoms with Crippen LogP contribution in [-0.2, 0) is 10.1 Å². The Hall–Kier alpha value is -0.530. The second-order valence-corrected chi connectivity index (χ2v) is 5.97. The summed E-state index contributed by atoms with van der Waals surface area (Å²) in [6.07, 6.45) is -0.589. The Morgan fingerprint density at radius 3 is 2.17 bits per heavy atom. The molecule has 90 valence electrons. The van der Waals surface area contributed by atoms with Gasteiger partial charge in [0, 0.05) is 17.5 Å². The van der Waals surface area contributed by atoms with Crippen molar-refractivity contribution in [1.82, 2.24) is 0 Å². The fourth-order valence-corrected chi connectivity index (χ4v) is 2.54. The second kappa shape index (κ2) is 4.86. The molecule has 0 fully saturated rings. The summed E-state index contributed by atoms with van der Waals surface area (Å²) in [5.74, 6) is -1.30. The molecule has 0 N–H and O–H groups in total. The molecule has 1 unspecified atom stereocenters. The number of carbonyl (C=O) groups excluding carboxylic acids is 2. The molecule has 1 aromatic rings. The first-order valence-corrected chi connectivity index (χ1v) is 6.31. The summed E-state index contributed by atoms with van der Waals surface area (Å²) in [5, 5.41) is 0. The summed E-state index contributed by atoms with van der Waals surface area (Å²) in [6.45, 7) is 1.01. The normalized spacial score (nSPS) is 23.2. The van der Waals surface area contributed by atoms with Gasteiger partial charge in [-0.05, 0) is 6.92 Å². The van der Waals surface area contributed by atoms with Gasteiger partial charge in [-0.25, -0.2) is 8.42 Å². The number of hydrogen-bond acceptors (Lipinski definition) is 5. The van der Waals surface area contributed by atoms with E-state index in [1.165, 1.54) is 18.2 Å². The van der Waals surface area contributed by atoms with Crippen LogP contribution in [0, 0.1) is 0 Å². The Morgan fingerprint density at radius 2 is 1.67 bits per heavy atom. The Bertz CT molecular complexity index is 622. The summed E-state index contributed by atoms with van der Waals surface area (Å²) in [5.41, 5.74) is 0.185. The molecular formula is C11H9NaO5S. The van der Waals surface area contributed by atoms with E-state index in [1.54, 1.807) is 6.07 Å². The van der Waals surface area contributed by atoms with Crippen LogP contribution in [0.5, 0.6) is 0 Å². The second-order valence-electron chi connectivity index (χ2n) is 4.16. The van der Waals surface area contributed by atoms with Crippen molar-refractivity contribution in [3.8, 4) is 0 Å². The third kappa shape index (κ3) is 2.19. The number of carbonyl (C=O) groups is 2. The molecule has 2 rings (SSSR count). The summed E-state index contributed by atoms with van der Waals surface area (Å²) >= 11 is 0. The molecule has 0 heterocycles. The van der Waals surface area contributed by atoms with Gasteiger partial charge in [0.15, 0.2) is 11.6 Å². The molecule has 0 bridgehead atoms. The van der Waals surface area contributed by atoms with E-state index in [2.05, 4.69) is 0 Å². The quantitative estimate of drug-likeness (QED) is 0.427. The number of rotatable bonds is 1. The zero-order valence-corrected chi connectivity index (χ0v) is 12.8. The van der Waals surface area contributed by atoms with E-state index in [0.29, 0.717) is 0 Å². The van der Waals surface area contributed by atoms with Gasteiger partial charge in [0.25, 0.3) is 0 Å². The first-order valence-electron chi connectivity index (χ1n) is 4.90. The standard InChI is InChI=1S/C11H10O5S.Na/c1-11(17(14,15)16)6-9(12)7-4-2-3-5-8(7)10(11)13;/h2-5H,6H2,1H3,(H,14,15,16);/q;+1/p-1. The smallest absolute Gasteiger partial charge is 0.747 e. The SMILES string of the molecule is CC1(S(=O)(=O)[O-])CC(=O)c2ccccc2C1=O.[Na+]. The van der Waals surface area contributed by atoms with Crippen molar-refractivity contribution in [2.24, 2.45) is 0 Å². The fraction of sp³-hybridized carbons (Fsp3) is 0.273. The average molecular weight is 276 g/mol. The first kappa shape index (κ1) is 15.5. The van der Waals surface area contributed by atoms with Gasteiger partial charge in [0.2, 0.25) is 0 Å². The third-order valence-corrected chi connectivity index (χ3v) is 4.44. The Balaban J connectivity index is 0.00000162. The topological polar surface area (TPSA) is 91.3 Å². The maximum Gasteiger partial charge on any atom is 1.00 e. The Kier molecular flexibility index (Phi) is 4.19. The third-order valence-electron chi connectivity index (χ3n) is 3.00. The van der Waals surface area contributed by atoms with E-state index in [-0.39, 0.29) is 40.7 Å². The van der Waals surface area contributed by atoms with Crippen LogP contribution in [0.25, 0.3) is 0 Å². The van der Waals surface area contributed by atoms with Crippen molar-refractivity contribution in [2.45, 2.75) is 18.1 Å². The minimum atomic E-state index is -4.87.